The van der Waals surface area contributed by atoms with E-state index in [1.165, 1.54) is 24.1 Å². The minimum atomic E-state index is -4.64. The number of rotatable bonds is 5. The van der Waals surface area contributed by atoms with Crippen molar-refractivity contribution in [1.29, 1.82) is 0 Å². The number of hydrogen-bond acceptors (Lipinski definition) is 6. The van der Waals surface area contributed by atoms with Gasteiger partial charge in [-0.2, -0.15) is 13.2 Å². The molecule has 9 nitrogen and oxygen atoms in total. The Balaban J connectivity index is 1.84. The third kappa shape index (κ3) is 6.38. The first kappa shape index (κ1) is 29.7. The number of carbonyl (C=O) groups excluding carboxylic acids is 2. The van der Waals surface area contributed by atoms with Gasteiger partial charge in [0.1, 0.15) is 22.9 Å². The van der Waals surface area contributed by atoms with Gasteiger partial charge in [0, 0.05) is 50.0 Å². The Hall–Kier alpha value is -4.30. The molecule has 1 fully saturated rings. The van der Waals surface area contributed by atoms with Gasteiger partial charge in [-0.05, 0) is 26.0 Å². The molecule has 1 N–H and O–H groups in total. The van der Waals surface area contributed by atoms with Crippen LogP contribution in [0.5, 0.6) is 0 Å². The molecule has 0 bridgehead atoms. The van der Waals surface area contributed by atoms with Crippen LogP contribution in [0.2, 0.25) is 0 Å². The van der Waals surface area contributed by atoms with Crippen molar-refractivity contribution in [3.8, 4) is 5.69 Å². The molecule has 1 aromatic carbocycles. The van der Waals surface area contributed by atoms with Crippen molar-refractivity contribution in [3.63, 3.8) is 0 Å². The minimum absolute atomic E-state index is 0.265. The predicted molar refractivity (Wildman–Crippen MR) is 136 cm³/mol. The van der Waals surface area contributed by atoms with E-state index in [2.05, 4.69) is 10.3 Å². The number of piperazine rings is 1. The summed E-state index contributed by atoms with van der Waals surface area (Å²) in [4.78, 5) is 45.8. The van der Waals surface area contributed by atoms with Crippen molar-refractivity contribution in [2.75, 3.05) is 38.2 Å². The summed E-state index contributed by atoms with van der Waals surface area (Å²) in [6, 6.07) is 3.48. The number of nitrogens with zero attached hydrogens (tertiary/aromatic N) is 4. The molecule has 0 spiro atoms. The molecular formula is C26H25F6N5O4. The van der Waals surface area contributed by atoms with Crippen molar-refractivity contribution >= 4 is 28.9 Å². The van der Waals surface area contributed by atoms with Gasteiger partial charge in [0.05, 0.1) is 18.9 Å². The Morgan fingerprint density at radius 3 is 2.20 bits per heavy atom. The molecule has 220 valence electrons. The van der Waals surface area contributed by atoms with Crippen molar-refractivity contribution < 1.29 is 40.7 Å². The van der Waals surface area contributed by atoms with Gasteiger partial charge in [-0.1, -0.05) is 0 Å². The number of alkyl halides is 3. The third-order valence-corrected chi connectivity index (χ3v) is 6.43. The monoisotopic (exact) mass is 585 g/mol. The van der Waals surface area contributed by atoms with Crippen LogP contribution < -0.4 is 15.6 Å². The highest BCUT2D eigenvalue weighted by molar-refractivity contribution is 5.97. The van der Waals surface area contributed by atoms with Crippen LogP contribution in [0.15, 0.2) is 35.3 Å². The number of aromatic nitrogens is 2. The van der Waals surface area contributed by atoms with Crippen molar-refractivity contribution in [2.24, 2.45) is 0 Å². The van der Waals surface area contributed by atoms with E-state index in [9.17, 15) is 40.7 Å². The molecule has 0 saturated carbocycles. The first-order chi connectivity index (χ1) is 19.1. The molecule has 2 amide bonds. The number of carbonyl (C=O) groups is 2. The number of nitrogens with one attached hydrogen (secondary N) is 1. The second kappa shape index (κ2) is 10.9. The quantitative estimate of drug-likeness (QED) is 0.452. The maximum atomic E-state index is 14.9. The number of fused-ring (bicyclic) bond motifs is 1. The first-order valence-corrected chi connectivity index (χ1v) is 12.3. The van der Waals surface area contributed by atoms with Crippen molar-refractivity contribution in [1.82, 2.24) is 19.8 Å². The van der Waals surface area contributed by atoms with Crippen molar-refractivity contribution in [3.05, 3.63) is 63.7 Å². The highest BCUT2D eigenvalue weighted by atomic mass is 19.4. The van der Waals surface area contributed by atoms with Crippen molar-refractivity contribution in [2.45, 2.75) is 32.0 Å². The van der Waals surface area contributed by atoms with E-state index in [1.807, 2.05) is 0 Å². The molecule has 1 aliphatic heterocycles. The number of benzene rings is 1. The molecule has 15 heteroatoms. The van der Waals surface area contributed by atoms with Gasteiger partial charge in [-0.25, -0.2) is 22.9 Å². The number of ether oxygens (including phenoxy) is 1. The summed E-state index contributed by atoms with van der Waals surface area (Å²) in [6.07, 6.45) is -5.81. The Bertz CT molecular complexity index is 1540. The van der Waals surface area contributed by atoms with Crippen LogP contribution in [0.1, 0.15) is 30.6 Å². The molecule has 3 heterocycles. The topological polar surface area (TPSA) is 96.8 Å². The second-order valence-electron chi connectivity index (χ2n) is 10.1. The fourth-order valence-electron chi connectivity index (χ4n) is 4.63. The highest BCUT2D eigenvalue weighted by Gasteiger charge is 2.38. The fourth-order valence-corrected chi connectivity index (χ4v) is 4.63. The van der Waals surface area contributed by atoms with E-state index in [0.717, 1.165) is 24.6 Å². The number of anilines is 1. The van der Waals surface area contributed by atoms with Gasteiger partial charge in [0.25, 0.3) is 5.91 Å². The van der Waals surface area contributed by atoms with Gasteiger partial charge < -0.3 is 19.9 Å². The molecule has 3 aromatic rings. The summed E-state index contributed by atoms with van der Waals surface area (Å²) in [5.74, 6) is -4.93. The Kier molecular flexibility index (Phi) is 7.91. The molecule has 0 radical (unpaired) electrons. The molecule has 1 saturated heterocycles. The summed E-state index contributed by atoms with van der Waals surface area (Å²) < 4.78 is 88.0. The van der Waals surface area contributed by atoms with E-state index >= 15 is 0 Å². The highest BCUT2D eigenvalue weighted by Crippen LogP contribution is 2.28. The van der Waals surface area contributed by atoms with Crippen LogP contribution in [0.25, 0.3) is 16.7 Å². The Morgan fingerprint density at radius 1 is 1.02 bits per heavy atom. The van der Waals surface area contributed by atoms with E-state index in [1.54, 1.807) is 4.90 Å². The molecule has 2 aromatic heterocycles. The van der Waals surface area contributed by atoms with E-state index in [-0.39, 0.29) is 29.9 Å². The van der Waals surface area contributed by atoms with E-state index < -0.39 is 64.3 Å². The van der Waals surface area contributed by atoms with Crippen LogP contribution in [0.3, 0.4) is 0 Å². The zero-order valence-corrected chi connectivity index (χ0v) is 22.1. The van der Waals surface area contributed by atoms with E-state index in [0.29, 0.717) is 25.2 Å². The molecule has 1 aliphatic rings. The van der Waals surface area contributed by atoms with E-state index in [4.69, 9.17) is 4.74 Å². The predicted octanol–water partition coefficient (Wildman–Crippen LogP) is 4.15. The maximum absolute atomic E-state index is 14.9. The van der Waals surface area contributed by atoms with Crippen LogP contribution in [0, 0.1) is 17.5 Å². The van der Waals surface area contributed by atoms with Gasteiger partial charge in [-0.15, -0.1) is 0 Å². The second-order valence-corrected chi connectivity index (χ2v) is 10.1. The average Bonchev–Trinajstić information content (AvgIpc) is 2.87. The summed E-state index contributed by atoms with van der Waals surface area (Å²) in [7, 11) is 1.25. The van der Waals surface area contributed by atoms with Crippen LogP contribution in [0.4, 0.5) is 37.0 Å². The molecular weight excluding hydrogens is 560 g/mol. The van der Waals surface area contributed by atoms with Gasteiger partial charge in [-0.3, -0.25) is 14.2 Å². The zero-order chi connectivity index (χ0) is 30.3. The van der Waals surface area contributed by atoms with Crippen LogP contribution >= 0.6 is 0 Å². The largest absolute Gasteiger partial charge is 0.453 e. The minimum Gasteiger partial charge on any atom is -0.453 e. The molecule has 0 aliphatic carbocycles. The average molecular weight is 586 g/mol. The number of hydrogen-bond donors (Lipinski definition) is 1. The first-order valence-electron chi connectivity index (χ1n) is 12.3. The maximum Gasteiger partial charge on any atom is 0.409 e. The summed E-state index contributed by atoms with van der Waals surface area (Å²) in [5.41, 5.74) is -4.65. The Labute approximate surface area is 229 Å². The Morgan fingerprint density at radius 2 is 1.63 bits per heavy atom. The summed E-state index contributed by atoms with van der Waals surface area (Å²) in [6.45, 7) is 3.34. The van der Waals surface area contributed by atoms with Gasteiger partial charge in [0.2, 0.25) is 5.43 Å². The lowest BCUT2D eigenvalue weighted by Crippen LogP contribution is -2.49. The molecule has 0 atom stereocenters. The third-order valence-electron chi connectivity index (χ3n) is 6.43. The number of methoxy groups -OCH3 is 1. The summed E-state index contributed by atoms with van der Waals surface area (Å²) >= 11 is 0. The number of halogens is 6. The molecule has 41 heavy (non-hydrogen) atoms. The summed E-state index contributed by atoms with van der Waals surface area (Å²) in [5, 5.41) is 1.87. The molecule has 4 rings (SSSR count). The SMILES string of the molecule is COC(=O)N1CCN(c2ccc3c(=O)c(C(=O)NC(C)(C)CC(F)(F)F)cn(-c4c(F)cc(F)cc4F)c3n2)CC1. The van der Waals surface area contributed by atoms with Gasteiger partial charge in [0.15, 0.2) is 17.3 Å². The number of pyridine rings is 2. The molecule has 0 unspecified atom stereocenters. The fraction of sp³-hybridized carbons (Fsp3) is 0.385. The van der Waals surface area contributed by atoms with Gasteiger partial charge >= 0.3 is 12.3 Å². The normalized spacial score (nSPS) is 14.4. The lowest BCUT2D eigenvalue weighted by atomic mass is 9.99. The van der Waals surface area contributed by atoms with Crippen LogP contribution in [-0.4, -0.2) is 71.5 Å². The lowest BCUT2D eigenvalue weighted by Gasteiger charge is -2.34. The zero-order valence-electron chi connectivity index (χ0n) is 22.1. The lowest BCUT2D eigenvalue weighted by molar-refractivity contribution is -0.146. The smallest absolute Gasteiger partial charge is 0.409 e. The standard InChI is InChI=1S/C26H25F6N5O4/c1-25(2,13-26(30,31)32)34-23(39)16-12-37(20-17(28)10-14(27)11-18(20)29)22-15(21(16)38)4-5-19(33-22)35-6-8-36(9-7-35)24(40)41-3/h4-5,10-12H,6-9,13H2,1-3H3,(H,34,39). The number of amides is 2. The van der Waals surface area contributed by atoms with Crippen LogP contribution in [-0.2, 0) is 4.74 Å².